The predicted molar refractivity (Wildman–Crippen MR) is 84.9 cm³/mol. The highest BCUT2D eigenvalue weighted by Crippen LogP contribution is 2.34. The number of hydrogen-bond acceptors (Lipinski definition) is 1. The van der Waals surface area contributed by atoms with E-state index >= 15 is 0 Å². The Bertz CT molecular complexity index is 340. The van der Waals surface area contributed by atoms with Crippen molar-refractivity contribution in [3.8, 4) is 0 Å². The maximum atomic E-state index is 6.18. The first-order chi connectivity index (χ1) is 8.18. The van der Waals surface area contributed by atoms with Crippen molar-refractivity contribution in [1.29, 1.82) is 0 Å². The summed E-state index contributed by atoms with van der Waals surface area (Å²) in [5.41, 5.74) is 1.14. The van der Waals surface area contributed by atoms with Gasteiger partial charge in [-0.3, -0.25) is 0 Å². The van der Waals surface area contributed by atoms with Gasteiger partial charge in [-0.2, -0.15) is 11.8 Å². The third kappa shape index (κ3) is 4.34. The molecule has 0 fully saturated rings. The van der Waals surface area contributed by atoms with E-state index in [0.717, 1.165) is 23.1 Å². The first-order valence-electron chi connectivity index (χ1n) is 5.55. The Morgan fingerprint density at radius 3 is 2.53 bits per heavy atom. The standard InChI is InChI=1S/C13H17BrCl2S/c1-17-7-3-6-13(9-15,10-16)11-4-2-5-12(14)8-11/h2,4-5,8H,3,6-7,9-10H2,1H3. The molecule has 1 rings (SSSR count). The summed E-state index contributed by atoms with van der Waals surface area (Å²) < 4.78 is 1.08. The molecule has 0 unspecified atom stereocenters. The second-order valence-corrected chi connectivity index (χ2v) is 6.59. The summed E-state index contributed by atoms with van der Waals surface area (Å²) in [5.74, 6) is 2.30. The number of alkyl halides is 2. The first-order valence-corrected chi connectivity index (χ1v) is 8.81. The SMILES string of the molecule is CSCCCC(CCl)(CCl)c1cccc(Br)c1. The number of hydrogen-bond donors (Lipinski definition) is 0. The van der Waals surface area contributed by atoms with Gasteiger partial charge in [0.05, 0.1) is 0 Å². The average Bonchev–Trinajstić information content (AvgIpc) is 2.35. The highest BCUT2D eigenvalue weighted by molar-refractivity contribution is 9.10. The lowest BCUT2D eigenvalue weighted by atomic mass is 9.80. The molecule has 1 aromatic rings. The van der Waals surface area contributed by atoms with E-state index in [9.17, 15) is 0 Å². The summed E-state index contributed by atoms with van der Waals surface area (Å²) in [6, 6.07) is 8.32. The largest absolute Gasteiger partial charge is 0.165 e. The van der Waals surface area contributed by atoms with Crippen molar-refractivity contribution >= 4 is 50.9 Å². The van der Waals surface area contributed by atoms with Crippen LogP contribution < -0.4 is 0 Å². The quantitative estimate of drug-likeness (QED) is 0.472. The van der Waals surface area contributed by atoms with Gasteiger partial charge < -0.3 is 0 Å². The third-order valence-corrected chi connectivity index (χ3v) is 5.17. The highest BCUT2D eigenvalue weighted by atomic mass is 79.9. The molecule has 0 saturated carbocycles. The lowest BCUT2D eigenvalue weighted by molar-refractivity contribution is 0.487. The fraction of sp³-hybridized carbons (Fsp3) is 0.538. The van der Waals surface area contributed by atoms with Gasteiger partial charge in [0.15, 0.2) is 0 Å². The van der Waals surface area contributed by atoms with Crippen LogP contribution in [-0.2, 0) is 5.41 Å². The van der Waals surface area contributed by atoms with Gasteiger partial charge in [-0.05, 0) is 42.5 Å². The Hall–Kier alpha value is 0.630. The van der Waals surface area contributed by atoms with E-state index in [4.69, 9.17) is 23.2 Å². The van der Waals surface area contributed by atoms with Crippen molar-refractivity contribution in [2.75, 3.05) is 23.8 Å². The monoisotopic (exact) mass is 354 g/mol. The van der Waals surface area contributed by atoms with Gasteiger partial charge in [-0.25, -0.2) is 0 Å². The Kier molecular flexibility index (Phi) is 7.32. The van der Waals surface area contributed by atoms with Gasteiger partial charge in [-0.15, -0.1) is 23.2 Å². The number of halogens is 3. The summed E-state index contributed by atoms with van der Waals surface area (Å²) >= 11 is 17.7. The van der Waals surface area contributed by atoms with E-state index in [1.807, 2.05) is 23.9 Å². The normalized spacial score (nSPS) is 11.8. The molecule has 0 N–H and O–H groups in total. The van der Waals surface area contributed by atoms with Crippen molar-refractivity contribution in [3.63, 3.8) is 0 Å². The first kappa shape index (κ1) is 15.7. The summed E-state index contributed by atoms with van der Waals surface area (Å²) in [4.78, 5) is 0. The number of benzene rings is 1. The third-order valence-electron chi connectivity index (χ3n) is 2.95. The van der Waals surface area contributed by atoms with E-state index in [1.165, 1.54) is 5.56 Å². The van der Waals surface area contributed by atoms with Crippen LogP contribution in [0.25, 0.3) is 0 Å². The maximum Gasteiger partial charge on any atom is 0.0332 e. The molecule has 0 saturated heterocycles. The van der Waals surface area contributed by atoms with Crippen LogP contribution in [0.2, 0.25) is 0 Å². The van der Waals surface area contributed by atoms with E-state index in [2.05, 4.69) is 34.3 Å². The zero-order chi connectivity index (χ0) is 12.7. The Morgan fingerprint density at radius 2 is 2.00 bits per heavy atom. The number of thioether (sulfide) groups is 1. The topological polar surface area (TPSA) is 0 Å². The maximum absolute atomic E-state index is 6.18. The minimum atomic E-state index is -0.0946. The van der Waals surface area contributed by atoms with E-state index in [1.54, 1.807) is 0 Å². The van der Waals surface area contributed by atoms with Gasteiger partial charge in [0.2, 0.25) is 0 Å². The molecule has 0 aliphatic rings. The molecule has 0 aromatic heterocycles. The van der Waals surface area contributed by atoms with Crippen LogP contribution in [0.1, 0.15) is 18.4 Å². The lowest BCUT2D eigenvalue weighted by Gasteiger charge is -2.30. The second-order valence-electron chi connectivity index (χ2n) is 4.15. The van der Waals surface area contributed by atoms with Crippen molar-refractivity contribution in [3.05, 3.63) is 34.3 Å². The molecular formula is C13H17BrCl2S. The Morgan fingerprint density at radius 1 is 1.29 bits per heavy atom. The minimum Gasteiger partial charge on any atom is -0.165 e. The predicted octanol–water partition coefficient (Wildman–Crippen LogP) is 5.31. The van der Waals surface area contributed by atoms with Crippen molar-refractivity contribution < 1.29 is 0 Å². The smallest absolute Gasteiger partial charge is 0.0332 e. The fourth-order valence-corrected chi connectivity index (χ4v) is 3.54. The Balaban J connectivity index is 2.89. The lowest BCUT2D eigenvalue weighted by Crippen LogP contribution is -2.30. The molecule has 0 radical (unpaired) electrons. The molecule has 0 aliphatic heterocycles. The molecule has 17 heavy (non-hydrogen) atoms. The summed E-state index contributed by atoms with van der Waals surface area (Å²) in [6.07, 6.45) is 4.31. The molecule has 0 spiro atoms. The minimum absolute atomic E-state index is 0.0946. The van der Waals surface area contributed by atoms with E-state index in [-0.39, 0.29) is 5.41 Å². The van der Waals surface area contributed by atoms with Crippen LogP contribution in [0.5, 0.6) is 0 Å². The van der Waals surface area contributed by atoms with Gasteiger partial charge in [0, 0.05) is 21.6 Å². The molecule has 0 aliphatic carbocycles. The zero-order valence-corrected chi connectivity index (χ0v) is 13.8. The van der Waals surface area contributed by atoms with Gasteiger partial charge in [0.25, 0.3) is 0 Å². The van der Waals surface area contributed by atoms with Gasteiger partial charge >= 0.3 is 0 Å². The van der Waals surface area contributed by atoms with E-state index < -0.39 is 0 Å². The molecule has 0 bridgehead atoms. The summed E-state index contributed by atoms with van der Waals surface area (Å²) in [7, 11) is 0. The van der Waals surface area contributed by atoms with Crippen LogP contribution in [0, 0.1) is 0 Å². The van der Waals surface area contributed by atoms with E-state index in [0.29, 0.717) is 11.8 Å². The molecule has 0 nitrogen and oxygen atoms in total. The molecule has 1 aromatic carbocycles. The van der Waals surface area contributed by atoms with Gasteiger partial charge in [0.1, 0.15) is 0 Å². The van der Waals surface area contributed by atoms with Crippen LogP contribution >= 0.6 is 50.9 Å². The molecule has 0 heterocycles. The summed E-state index contributed by atoms with van der Waals surface area (Å²) in [5, 5.41) is 0. The zero-order valence-electron chi connectivity index (χ0n) is 9.89. The summed E-state index contributed by atoms with van der Waals surface area (Å²) in [6.45, 7) is 0. The van der Waals surface area contributed by atoms with Crippen LogP contribution in [0.15, 0.2) is 28.7 Å². The van der Waals surface area contributed by atoms with Gasteiger partial charge in [-0.1, -0.05) is 28.1 Å². The molecular weight excluding hydrogens is 339 g/mol. The number of rotatable bonds is 7. The van der Waals surface area contributed by atoms with Crippen molar-refractivity contribution in [2.24, 2.45) is 0 Å². The second kappa shape index (κ2) is 7.93. The fourth-order valence-electron chi connectivity index (χ4n) is 1.84. The average molecular weight is 356 g/mol. The Labute approximate surface area is 127 Å². The van der Waals surface area contributed by atoms with Crippen LogP contribution in [0.3, 0.4) is 0 Å². The van der Waals surface area contributed by atoms with Crippen molar-refractivity contribution in [1.82, 2.24) is 0 Å². The molecule has 96 valence electrons. The highest BCUT2D eigenvalue weighted by Gasteiger charge is 2.30. The van der Waals surface area contributed by atoms with Crippen molar-refractivity contribution in [2.45, 2.75) is 18.3 Å². The van der Waals surface area contributed by atoms with Crippen LogP contribution in [-0.4, -0.2) is 23.8 Å². The molecule has 0 amide bonds. The molecule has 4 heteroatoms. The van der Waals surface area contributed by atoms with Crippen LogP contribution in [0.4, 0.5) is 0 Å². The molecule has 0 atom stereocenters.